The maximum absolute atomic E-state index is 13.2. The van der Waals surface area contributed by atoms with E-state index in [1.165, 1.54) is 6.07 Å². The quantitative estimate of drug-likeness (QED) is 0.494. The van der Waals surface area contributed by atoms with E-state index < -0.39 is 11.5 Å². The Morgan fingerprint density at radius 1 is 1.31 bits per heavy atom. The molecule has 150 valence electrons. The summed E-state index contributed by atoms with van der Waals surface area (Å²) in [6.07, 6.45) is 1.40. The molecule has 5 nitrogen and oxygen atoms in total. The third-order valence-corrected chi connectivity index (χ3v) is 7.44. The van der Waals surface area contributed by atoms with Gasteiger partial charge in [-0.15, -0.1) is 11.3 Å². The van der Waals surface area contributed by atoms with Crippen molar-refractivity contribution in [2.45, 2.75) is 45.8 Å². The molecule has 1 atom stereocenters. The maximum atomic E-state index is 13.2. The van der Waals surface area contributed by atoms with E-state index in [1.807, 2.05) is 17.5 Å². The van der Waals surface area contributed by atoms with Crippen molar-refractivity contribution in [2.75, 3.05) is 0 Å². The molecule has 1 aromatic carbocycles. The highest BCUT2D eigenvalue weighted by molar-refractivity contribution is 9.10. The van der Waals surface area contributed by atoms with Gasteiger partial charge in [-0.3, -0.25) is 4.79 Å². The van der Waals surface area contributed by atoms with Crippen LogP contribution in [0.4, 0.5) is 0 Å². The van der Waals surface area contributed by atoms with Crippen molar-refractivity contribution < 1.29 is 14.6 Å². The number of benzene rings is 1. The second-order valence-corrected chi connectivity index (χ2v) is 10.6. The van der Waals surface area contributed by atoms with Crippen LogP contribution >= 0.6 is 27.3 Å². The van der Waals surface area contributed by atoms with Crippen LogP contribution in [-0.2, 0) is 0 Å². The first kappa shape index (κ1) is 18.9. The first-order valence-corrected chi connectivity index (χ1v) is 11.2. The number of hydrogen-bond donors (Lipinski definition) is 1. The number of carboxylic acids is 1. The number of nitrogens with zero attached hydrogens (tertiary/aromatic N) is 1. The minimum atomic E-state index is -1.19. The number of carboxylic acid groups (broad SMARTS) is 1. The first-order chi connectivity index (χ1) is 13.7. The molecule has 7 heteroatoms. The Hall–Kier alpha value is -2.12. The van der Waals surface area contributed by atoms with Crippen molar-refractivity contribution in [1.29, 1.82) is 0 Å². The molecule has 1 aliphatic heterocycles. The molecule has 0 bridgehead atoms. The summed E-state index contributed by atoms with van der Waals surface area (Å²) in [5.74, 6) is -0.422. The number of pyridine rings is 1. The van der Waals surface area contributed by atoms with E-state index in [-0.39, 0.29) is 23.1 Å². The molecule has 5 rings (SSSR count). The monoisotopic (exact) mass is 473 g/mol. The zero-order valence-corrected chi connectivity index (χ0v) is 18.7. The highest BCUT2D eigenvalue weighted by Crippen LogP contribution is 2.54. The van der Waals surface area contributed by atoms with Gasteiger partial charge in [0.05, 0.1) is 10.4 Å². The summed E-state index contributed by atoms with van der Waals surface area (Å²) >= 11 is 5.30. The van der Waals surface area contributed by atoms with Gasteiger partial charge in [0, 0.05) is 32.4 Å². The largest absolute Gasteiger partial charge is 0.484 e. The van der Waals surface area contributed by atoms with E-state index in [2.05, 4.69) is 36.7 Å². The van der Waals surface area contributed by atoms with Crippen LogP contribution in [0.2, 0.25) is 0 Å². The van der Waals surface area contributed by atoms with E-state index in [9.17, 15) is 14.7 Å². The SMILES string of the molecule is CC(C)(C)[C@@H]1Oc2c(cc(Br)c3sccc23)-c2c1cc(C(=O)O)c(=O)n2C1CC1. The summed E-state index contributed by atoms with van der Waals surface area (Å²) in [7, 11) is 0. The van der Waals surface area contributed by atoms with Gasteiger partial charge in [-0.05, 0) is 52.4 Å². The lowest BCUT2D eigenvalue weighted by Gasteiger charge is -2.38. The van der Waals surface area contributed by atoms with Crippen LogP contribution in [0.15, 0.2) is 32.8 Å². The number of ether oxygens (including phenoxy) is 1. The van der Waals surface area contributed by atoms with Gasteiger partial charge in [0.2, 0.25) is 0 Å². The van der Waals surface area contributed by atoms with Crippen LogP contribution < -0.4 is 10.3 Å². The fourth-order valence-corrected chi connectivity index (χ4v) is 5.70. The number of hydrogen-bond acceptors (Lipinski definition) is 4. The molecule has 29 heavy (non-hydrogen) atoms. The number of carbonyl (C=O) groups is 1. The average molecular weight is 474 g/mol. The molecular weight excluding hydrogens is 454 g/mol. The van der Waals surface area contributed by atoms with Crippen molar-refractivity contribution in [3.63, 3.8) is 0 Å². The third kappa shape index (κ3) is 2.78. The average Bonchev–Trinajstić information content (AvgIpc) is 3.34. The Bertz CT molecular complexity index is 1250. The fraction of sp³-hybridized carbons (Fsp3) is 0.364. The molecule has 3 heterocycles. The maximum Gasteiger partial charge on any atom is 0.341 e. The van der Waals surface area contributed by atoms with Crippen molar-refractivity contribution >= 4 is 43.3 Å². The molecular formula is C22H20BrNO4S. The summed E-state index contributed by atoms with van der Waals surface area (Å²) in [5.41, 5.74) is 1.52. The van der Waals surface area contributed by atoms with Gasteiger partial charge >= 0.3 is 5.97 Å². The topological polar surface area (TPSA) is 68.5 Å². The summed E-state index contributed by atoms with van der Waals surface area (Å²) < 4.78 is 10.3. The minimum Gasteiger partial charge on any atom is -0.484 e. The summed E-state index contributed by atoms with van der Waals surface area (Å²) in [6, 6.07) is 5.62. The Morgan fingerprint density at radius 3 is 2.66 bits per heavy atom. The van der Waals surface area contributed by atoms with Crippen LogP contribution in [0.25, 0.3) is 21.3 Å². The van der Waals surface area contributed by atoms with Crippen LogP contribution in [-0.4, -0.2) is 15.6 Å². The zero-order valence-electron chi connectivity index (χ0n) is 16.3. The Labute approximate surface area is 180 Å². The molecule has 2 aliphatic rings. The molecule has 2 aromatic heterocycles. The van der Waals surface area contributed by atoms with Crippen LogP contribution in [0.1, 0.15) is 61.7 Å². The van der Waals surface area contributed by atoms with Crippen molar-refractivity contribution in [2.24, 2.45) is 5.41 Å². The van der Waals surface area contributed by atoms with Crippen LogP contribution in [0.3, 0.4) is 0 Å². The molecule has 1 fully saturated rings. The summed E-state index contributed by atoms with van der Waals surface area (Å²) in [5, 5.41) is 12.7. The highest BCUT2D eigenvalue weighted by Gasteiger charge is 2.41. The highest BCUT2D eigenvalue weighted by atomic mass is 79.9. The van der Waals surface area contributed by atoms with E-state index >= 15 is 0 Å². The van der Waals surface area contributed by atoms with E-state index in [0.29, 0.717) is 0 Å². The number of rotatable bonds is 2. The Balaban J connectivity index is 1.95. The molecule has 0 unspecified atom stereocenters. The number of fused-ring (bicyclic) bond motifs is 5. The van der Waals surface area contributed by atoms with Gasteiger partial charge in [-0.2, -0.15) is 0 Å². The van der Waals surface area contributed by atoms with Gasteiger partial charge in [0.25, 0.3) is 5.56 Å². The molecule has 1 N–H and O–H groups in total. The number of aromatic nitrogens is 1. The van der Waals surface area contributed by atoms with Crippen LogP contribution in [0.5, 0.6) is 5.75 Å². The Morgan fingerprint density at radius 2 is 2.03 bits per heavy atom. The molecule has 3 aromatic rings. The van der Waals surface area contributed by atoms with E-state index in [0.717, 1.165) is 50.0 Å². The van der Waals surface area contributed by atoms with E-state index in [1.54, 1.807) is 15.9 Å². The Kier molecular flexibility index (Phi) is 4.03. The van der Waals surface area contributed by atoms with E-state index in [4.69, 9.17) is 4.74 Å². The molecule has 0 amide bonds. The van der Waals surface area contributed by atoms with Crippen molar-refractivity contribution in [3.8, 4) is 17.0 Å². The van der Waals surface area contributed by atoms with Gasteiger partial charge in [0.15, 0.2) is 0 Å². The smallest absolute Gasteiger partial charge is 0.341 e. The normalized spacial score (nSPS) is 18.3. The second kappa shape index (κ2) is 6.19. The lowest BCUT2D eigenvalue weighted by molar-refractivity contribution is 0.0689. The first-order valence-electron chi connectivity index (χ1n) is 9.58. The van der Waals surface area contributed by atoms with Crippen molar-refractivity contribution in [3.05, 3.63) is 49.5 Å². The standard InChI is InChI=1S/C22H20BrNO4S/c1-22(2,3)19-13-8-14(21(26)27)20(25)24(10-4-5-10)16(13)12-9-15(23)18-11(6-7-29-18)17(12)28-19/h6-10,19H,4-5H2,1-3H3,(H,26,27)/t19-/m1/s1. The summed E-state index contributed by atoms with van der Waals surface area (Å²) in [6.45, 7) is 6.22. The molecule has 1 saturated carbocycles. The third-order valence-electron chi connectivity index (χ3n) is 5.61. The lowest BCUT2D eigenvalue weighted by atomic mass is 9.80. The van der Waals surface area contributed by atoms with Crippen molar-refractivity contribution in [1.82, 2.24) is 4.57 Å². The lowest BCUT2D eigenvalue weighted by Crippen LogP contribution is -2.34. The number of aromatic carboxylic acids is 1. The summed E-state index contributed by atoms with van der Waals surface area (Å²) in [4.78, 5) is 25.0. The van der Waals surface area contributed by atoms with Crippen LogP contribution in [0, 0.1) is 5.41 Å². The van der Waals surface area contributed by atoms with Gasteiger partial charge < -0.3 is 14.4 Å². The molecule has 0 saturated heterocycles. The fourth-order valence-electron chi connectivity index (χ4n) is 4.18. The predicted octanol–water partition coefficient (Wildman–Crippen LogP) is 6.01. The minimum absolute atomic E-state index is 0.0408. The van der Waals surface area contributed by atoms with Gasteiger partial charge in [0.1, 0.15) is 17.4 Å². The number of halogens is 1. The molecule has 0 radical (unpaired) electrons. The zero-order chi connectivity index (χ0) is 20.7. The molecule has 0 spiro atoms. The second-order valence-electron chi connectivity index (χ2n) is 8.84. The molecule has 1 aliphatic carbocycles. The van der Waals surface area contributed by atoms with Gasteiger partial charge in [-0.1, -0.05) is 20.8 Å². The number of thiophene rings is 1. The van der Waals surface area contributed by atoms with Gasteiger partial charge in [-0.25, -0.2) is 4.79 Å². The predicted molar refractivity (Wildman–Crippen MR) is 117 cm³/mol.